The molecule has 0 fully saturated rings. The second-order valence-electron chi connectivity index (χ2n) is 3.47. The number of hydrogen-bond donors (Lipinski definition) is 0. The van der Waals surface area contributed by atoms with Crippen LogP contribution in [0, 0.1) is 0 Å². The average molecular weight is 377 g/mol. The second kappa shape index (κ2) is 6.17. The van der Waals surface area contributed by atoms with E-state index in [4.69, 9.17) is 74.3 Å². The molecule has 0 unspecified atom stereocenters. The fourth-order valence-corrected chi connectivity index (χ4v) is 2.82. The summed E-state index contributed by atoms with van der Waals surface area (Å²) >= 11 is 35.8. The molecule has 0 aliphatic carbocycles. The first-order chi connectivity index (χ1) is 8.90. The third kappa shape index (κ3) is 3.36. The molecule has 0 amide bonds. The number of ether oxygens (including phenoxy) is 1. The van der Waals surface area contributed by atoms with Gasteiger partial charge < -0.3 is 4.74 Å². The van der Waals surface area contributed by atoms with Crippen LogP contribution in [-0.4, -0.2) is 0 Å². The molecule has 0 saturated heterocycles. The lowest BCUT2D eigenvalue weighted by molar-refractivity contribution is 0.483. The SMILES string of the molecule is Clc1cc(Cl)c(Oc2c(Cl)ccc(Cl)c2Cl)c(Cl)c1. The van der Waals surface area contributed by atoms with Crippen molar-refractivity contribution < 1.29 is 4.74 Å². The van der Waals surface area contributed by atoms with Crippen molar-refractivity contribution in [2.45, 2.75) is 0 Å². The van der Waals surface area contributed by atoms with E-state index in [0.717, 1.165) is 0 Å². The van der Waals surface area contributed by atoms with Crippen molar-refractivity contribution in [2.75, 3.05) is 0 Å². The van der Waals surface area contributed by atoms with Gasteiger partial charge in [-0.1, -0.05) is 69.6 Å². The van der Waals surface area contributed by atoms with E-state index < -0.39 is 0 Å². The first-order valence-corrected chi connectivity index (χ1v) is 7.13. The minimum Gasteiger partial charge on any atom is -0.451 e. The summed E-state index contributed by atoms with van der Waals surface area (Å²) < 4.78 is 5.57. The van der Waals surface area contributed by atoms with Crippen molar-refractivity contribution in [2.24, 2.45) is 0 Å². The van der Waals surface area contributed by atoms with Crippen molar-refractivity contribution in [1.82, 2.24) is 0 Å². The summed E-state index contributed by atoms with van der Waals surface area (Å²) in [5, 5.41) is 1.65. The van der Waals surface area contributed by atoms with Gasteiger partial charge in [-0.3, -0.25) is 0 Å². The fraction of sp³-hybridized carbons (Fsp3) is 0. The van der Waals surface area contributed by atoms with E-state index in [0.29, 0.717) is 10.0 Å². The van der Waals surface area contributed by atoms with Gasteiger partial charge in [-0.15, -0.1) is 0 Å². The Balaban J connectivity index is 2.51. The Bertz CT molecular complexity index is 617. The highest BCUT2D eigenvalue weighted by molar-refractivity contribution is 6.45. The van der Waals surface area contributed by atoms with Crippen LogP contribution in [0.3, 0.4) is 0 Å². The molecule has 0 bridgehead atoms. The molecule has 2 rings (SSSR count). The maximum absolute atomic E-state index is 6.03. The van der Waals surface area contributed by atoms with Gasteiger partial charge in [-0.05, 0) is 24.3 Å². The zero-order valence-electron chi connectivity index (χ0n) is 8.99. The minimum absolute atomic E-state index is 0.177. The van der Waals surface area contributed by atoms with Crippen LogP contribution in [0.1, 0.15) is 0 Å². The Hall–Kier alpha value is -0.0200. The number of halogens is 6. The Morgan fingerprint density at radius 2 is 1.16 bits per heavy atom. The zero-order valence-corrected chi connectivity index (χ0v) is 13.5. The van der Waals surface area contributed by atoms with E-state index in [1.165, 1.54) is 12.1 Å². The summed E-state index contributed by atoms with van der Waals surface area (Å²) in [6.45, 7) is 0. The van der Waals surface area contributed by atoms with E-state index in [-0.39, 0.29) is 31.6 Å². The van der Waals surface area contributed by atoms with Crippen LogP contribution in [0.15, 0.2) is 24.3 Å². The molecule has 0 N–H and O–H groups in total. The average Bonchev–Trinajstić information content (AvgIpc) is 2.32. The summed E-state index contributed by atoms with van der Waals surface area (Å²) in [4.78, 5) is 0. The lowest BCUT2D eigenvalue weighted by atomic mass is 10.3. The molecule has 0 radical (unpaired) electrons. The molecule has 0 heterocycles. The highest BCUT2D eigenvalue weighted by atomic mass is 35.5. The molecule has 2 aromatic rings. The molecular weight excluding hydrogens is 373 g/mol. The normalized spacial score (nSPS) is 10.6. The van der Waals surface area contributed by atoms with E-state index >= 15 is 0 Å². The fourth-order valence-electron chi connectivity index (χ4n) is 1.33. The molecule has 0 spiro atoms. The quantitative estimate of drug-likeness (QED) is 0.496. The zero-order chi connectivity index (χ0) is 14.2. The second-order valence-corrected chi connectivity index (χ2v) is 5.92. The van der Waals surface area contributed by atoms with Gasteiger partial charge in [0.15, 0.2) is 11.5 Å². The first-order valence-electron chi connectivity index (χ1n) is 4.86. The van der Waals surface area contributed by atoms with Gasteiger partial charge in [-0.25, -0.2) is 0 Å². The lowest BCUT2D eigenvalue weighted by Crippen LogP contribution is -1.89. The smallest absolute Gasteiger partial charge is 0.166 e. The van der Waals surface area contributed by atoms with Crippen LogP contribution >= 0.6 is 69.6 Å². The maximum atomic E-state index is 6.03. The molecule has 1 nitrogen and oxygen atoms in total. The van der Waals surface area contributed by atoms with Gasteiger partial charge in [0.25, 0.3) is 0 Å². The van der Waals surface area contributed by atoms with Crippen LogP contribution in [0.25, 0.3) is 0 Å². The van der Waals surface area contributed by atoms with E-state index in [1.807, 2.05) is 0 Å². The molecule has 2 aromatic carbocycles. The highest BCUT2D eigenvalue weighted by Gasteiger charge is 2.16. The topological polar surface area (TPSA) is 9.23 Å². The first kappa shape index (κ1) is 15.4. The van der Waals surface area contributed by atoms with Crippen molar-refractivity contribution in [1.29, 1.82) is 0 Å². The minimum atomic E-state index is 0.177. The molecule has 100 valence electrons. The maximum Gasteiger partial charge on any atom is 0.166 e. The van der Waals surface area contributed by atoms with Gasteiger partial charge in [0, 0.05) is 5.02 Å². The van der Waals surface area contributed by atoms with Crippen LogP contribution in [0.4, 0.5) is 0 Å². The molecule has 0 aliphatic rings. The molecule has 0 atom stereocenters. The van der Waals surface area contributed by atoms with Crippen LogP contribution in [-0.2, 0) is 0 Å². The van der Waals surface area contributed by atoms with Gasteiger partial charge in [0.05, 0.1) is 20.1 Å². The van der Waals surface area contributed by atoms with Crippen LogP contribution in [0.2, 0.25) is 30.1 Å². The summed E-state index contributed by atoms with van der Waals surface area (Å²) in [6, 6.07) is 6.11. The number of rotatable bonds is 2. The number of hydrogen-bond acceptors (Lipinski definition) is 1. The molecule has 0 aromatic heterocycles. The van der Waals surface area contributed by atoms with Gasteiger partial charge in [-0.2, -0.15) is 0 Å². The molecule has 7 heteroatoms. The third-order valence-corrected chi connectivity index (χ3v) is 4.03. The Labute approximate surface area is 139 Å². The van der Waals surface area contributed by atoms with Crippen LogP contribution in [0.5, 0.6) is 11.5 Å². The number of benzene rings is 2. The summed E-state index contributed by atoms with van der Waals surface area (Å²) in [5.41, 5.74) is 0. The van der Waals surface area contributed by atoms with Crippen molar-refractivity contribution >= 4 is 69.6 Å². The summed E-state index contributed by atoms with van der Waals surface area (Å²) in [6.07, 6.45) is 0. The highest BCUT2D eigenvalue weighted by Crippen LogP contribution is 2.45. The lowest BCUT2D eigenvalue weighted by Gasteiger charge is -2.13. The van der Waals surface area contributed by atoms with Crippen molar-refractivity contribution in [3.63, 3.8) is 0 Å². The Kier molecular flexibility index (Phi) is 4.99. The summed E-state index contributed by atoms with van der Waals surface area (Å²) in [7, 11) is 0. The van der Waals surface area contributed by atoms with Crippen molar-refractivity contribution in [3.8, 4) is 11.5 Å². The molecular formula is C12H4Cl6O. The predicted octanol–water partition coefficient (Wildman–Crippen LogP) is 7.40. The van der Waals surface area contributed by atoms with E-state index in [1.54, 1.807) is 12.1 Å². The molecule has 0 aliphatic heterocycles. The Morgan fingerprint density at radius 3 is 1.74 bits per heavy atom. The molecule has 0 saturated carbocycles. The third-order valence-electron chi connectivity index (χ3n) is 2.17. The van der Waals surface area contributed by atoms with Gasteiger partial charge in [0.1, 0.15) is 5.02 Å². The predicted molar refractivity (Wildman–Crippen MR) is 83.0 cm³/mol. The monoisotopic (exact) mass is 374 g/mol. The van der Waals surface area contributed by atoms with Crippen molar-refractivity contribution in [3.05, 3.63) is 54.4 Å². The van der Waals surface area contributed by atoms with E-state index in [9.17, 15) is 0 Å². The largest absolute Gasteiger partial charge is 0.451 e. The van der Waals surface area contributed by atoms with Crippen LogP contribution < -0.4 is 4.74 Å². The Morgan fingerprint density at radius 1 is 0.632 bits per heavy atom. The molecule has 19 heavy (non-hydrogen) atoms. The van der Waals surface area contributed by atoms with Gasteiger partial charge in [0.2, 0.25) is 0 Å². The van der Waals surface area contributed by atoms with Gasteiger partial charge >= 0.3 is 0 Å². The van der Waals surface area contributed by atoms with E-state index in [2.05, 4.69) is 0 Å². The summed E-state index contributed by atoms with van der Waals surface area (Å²) in [5.74, 6) is 0.390. The standard InChI is InChI=1S/C12H4Cl6O/c13-5-3-8(16)11(9(17)4-5)19-12-7(15)2-1-6(14)10(12)18/h1-4H.